The summed E-state index contributed by atoms with van der Waals surface area (Å²) in [5, 5.41) is 11.1. The van der Waals surface area contributed by atoms with Crippen molar-refractivity contribution in [3.8, 4) is 0 Å². The maximum atomic E-state index is 12.0. The molecule has 0 aliphatic carbocycles. The number of rotatable bonds is 5. The third-order valence-corrected chi connectivity index (χ3v) is 5.31. The van der Waals surface area contributed by atoms with Crippen molar-refractivity contribution in [1.29, 1.82) is 0 Å². The molecule has 0 bridgehead atoms. The molecule has 2 aromatic rings. The van der Waals surface area contributed by atoms with Gasteiger partial charge in [0.1, 0.15) is 11.3 Å². The maximum Gasteiger partial charge on any atom is 0.308 e. The van der Waals surface area contributed by atoms with Gasteiger partial charge < -0.3 is 0 Å². The van der Waals surface area contributed by atoms with E-state index >= 15 is 0 Å². The molecule has 1 aromatic carbocycles. The molecule has 1 heterocycles. The molecule has 0 fully saturated rings. The van der Waals surface area contributed by atoms with E-state index in [4.69, 9.17) is 23.2 Å². The molecule has 0 saturated heterocycles. The summed E-state index contributed by atoms with van der Waals surface area (Å²) in [7, 11) is -0.878. The zero-order valence-electron chi connectivity index (χ0n) is 12.1. The third kappa shape index (κ3) is 3.63. The Balaban J connectivity index is 2.38. The Bertz CT molecular complexity index is 864. The van der Waals surface area contributed by atoms with E-state index in [2.05, 4.69) is 4.98 Å². The molecule has 23 heavy (non-hydrogen) atoms. The quantitative estimate of drug-likeness (QED) is 0.587. The molecular formula is C12H12Cl2N4O4S. The minimum atomic E-state index is -3.67. The predicted molar refractivity (Wildman–Crippen MR) is 86.2 cm³/mol. The van der Waals surface area contributed by atoms with E-state index in [0.717, 1.165) is 20.7 Å². The minimum Gasteiger partial charge on any atom is -0.258 e. The Morgan fingerprint density at radius 1 is 1.35 bits per heavy atom. The van der Waals surface area contributed by atoms with Crippen LogP contribution < -0.4 is 0 Å². The van der Waals surface area contributed by atoms with Crippen molar-refractivity contribution in [2.75, 3.05) is 14.1 Å². The van der Waals surface area contributed by atoms with Crippen molar-refractivity contribution in [3.63, 3.8) is 0 Å². The van der Waals surface area contributed by atoms with Gasteiger partial charge >= 0.3 is 10.2 Å². The summed E-state index contributed by atoms with van der Waals surface area (Å²) >= 11 is 11.9. The van der Waals surface area contributed by atoms with E-state index in [1.807, 2.05) is 0 Å². The molecule has 8 nitrogen and oxygen atoms in total. The Hall–Kier alpha value is -1.68. The number of nitrogens with zero attached hydrogens (tertiary/aromatic N) is 4. The molecule has 0 radical (unpaired) electrons. The van der Waals surface area contributed by atoms with Crippen LogP contribution in [0, 0.1) is 10.1 Å². The van der Waals surface area contributed by atoms with Gasteiger partial charge in [0.15, 0.2) is 0 Å². The molecule has 0 amide bonds. The number of benzene rings is 1. The van der Waals surface area contributed by atoms with Crippen LogP contribution in [0.15, 0.2) is 24.7 Å². The van der Waals surface area contributed by atoms with Crippen LogP contribution in [0.1, 0.15) is 11.3 Å². The Morgan fingerprint density at radius 2 is 2.00 bits per heavy atom. The zero-order chi connectivity index (χ0) is 17.4. The summed E-state index contributed by atoms with van der Waals surface area (Å²) in [5.74, 6) is 0. The van der Waals surface area contributed by atoms with Crippen molar-refractivity contribution in [1.82, 2.24) is 13.3 Å². The molecule has 0 saturated carbocycles. The molecule has 124 valence electrons. The van der Waals surface area contributed by atoms with Gasteiger partial charge in [0.05, 0.1) is 10.6 Å². The van der Waals surface area contributed by atoms with Crippen LogP contribution in [0.25, 0.3) is 0 Å². The number of nitro benzene ring substituents is 1. The van der Waals surface area contributed by atoms with E-state index < -0.39 is 15.1 Å². The number of halogens is 2. The fraction of sp³-hybridized carbons (Fsp3) is 0.250. The van der Waals surface area contributed by atoms with Gasteiger partial charge in [0, 0.05) is 37.8 Å². The largest absolute Gasteiger partial charge is 0.308 e. The highest BCUT2D eigenvalue weighted by molar-refractivity contribution is 7.87. The molecule has 2 rings (SSSR count). The van der Waals surface area contributed by atoms with E-state index in [1.165, 1.54) is 26.4 Å². The van der Waals surface area contributed by atoms with Crippen LogP contribution >= 0.6 is 23.2 Å². The zero-order valence-corrected chi connectivity index (χ0v) is 14.4. The SMILES string of the molecule is CN(C)S(=O)(=O)n1cnc(Cc2cc(Cl)cc([N+](=O)[O-])c2Cl)c1. The Morgan fingerprint density at radius 3 is 2.57 bits per heavy atom. The summed E-state index contributed by atoms with van der Waals surface area (Å²) in [4.78, 5) is 14.3. The van der Waals surface area contributed by atoms with Crippen LogP contribution in [-0.2, 0) is 16.6 Å². The molecule has 0 atom stereocenters. The molecule has 11 heteroatoms. The number of hydrogen-bond donors (Lipinski definition) is 0. The fourth-order valence-corrected chi connectivity index (χ4v) is 3.12. The average molecular weight is 379 g/mol. The fourth-order valence-electron chi connectivity index (χ4n) is 1.84. The average Bonchev–Trinajstić information content (AvgIpc) is 2.91. The number of nitro groups is 1. The van der Waals surface area contributed by atoms with Crippen LogP contribution in [0.4, 0.5) is 5.69 Å². The number of hydrogen-bond acceptors (Lipinski definition) is 5. The van der Waals surface area contributed by atoms with Crippen molar-refractivity contribution in [2.24, 2.45) is 0 Å². The van der Waals surface area contributed by atoms with Gasteiger partial charge in [-0.2, -0.15) is 12.7 Å². The maximum absolute atomic E-state index is 12.0. The molecule has 0 unspecified atom stereocenters. The van der Waals surface area contributed by atoms with Crippen molar-refractivity contribution < 1.29 is 13.3 Å². The lowest BCUT2D eigenvalue weighted by Gasteiger charge is -2.10. The highest BCUT2D eigenvalue weighted by Crippen LogP contribution is 2.32. The van der Waals surface area contributed by atoms with Gasteiger partial charge in [-0.05, 0) is 11.6 Å². The molecular weight excluding hydrogens is 367 g/mol. The lowest BCUT2D eigenvalue weighted by molar-refractivity contribution is -0.384. The van der Waals surface area contributed by atoms with E-state index in [9.17, 15) is 18.5 Å². The Kier molecular flexibility index (Phi) is 4.95. The summed E-state index contributed by atoms with van der Waals surface area (Å²) < 4.78 is 25.9. The molecule has 0 aliphatic heterocycles. The number of imidazole rings is 1. The van der Waals surface area contributed by atoms with Gasteiger partial charge in [-0.3, -0.25) is 10.1 Å². The summed E-state index contributed by atoms with van der Waals surface area (Å²) in [6, 6.07) is 2.64. The summed E-state index contributed by atoms with van der Waals surface area (Å²) in [6.07, 6.45) is 2.58. The standard InChI is InChI=1S/C12H12Cl2N4O4S/c1-16(2)23(21,22)17-6-10(15-7-17)4-8-3-9(13)5-11(12(8)14)18(19)20/h3,5-7H,4H2,1-2H3. The smallest absolute Gasteiger partial charge is 0.258 e. The molecule has 1 aromatic heterocycles. The summed E-state index contributed by atoms with van der Waals surface area (Å²) in [5.41, 5.74) is 0.460. The molecule has 0 aliphatic rings. The second-order valence-electron chi connectivity index (χ2n) is 4.82. The van der Waals surface area contributed by atoms with Gasteiger partial charge in [0.25, 0.3) is 5.69 Å². The third-order valence-electron chi connectivity index (χ3n) is 3.00. The predicted octanol–water partition coefficient (Wildman–Crippen LogP) is 2.34. The monoisotopic (exact) mass is 378 g/mol. The lowest BCUT2D eigenvalue weighted by atomic mass is 10.1. The highest BCUT2D eigenvalue weighted by Gasteiger charge is 2.20. The minimum absolute atomic E-state index is 0.0515. The first kappa shape index (κ1) is 17.7. The molecule has 0 spiro atoms. The second kappa shape index (κ2) is 6.44. The van der Waals surface area contributed by atoms with E-state index in [-0.39, 0.29) is 22.2 Å². The van der Waals surface area contributed by atoms with E-state index in [0.29, 0.717) is 11.3 Å². The highest BCUT2D eigenvalue weighted by atomic mass is 35.5. The number of aromatic nitrogens is 2. The van der Waals surface area contributed by atoms with Crippen LogP contribution in [0.3, 0.4) is 0 Å². The van der Waals surface area contributed by atoms with Crippen molar-refractivity contribution >= 4 is 39.1 Å². The van der Waals surface area contributed by atoms with Gasteiger partial charge in [0.2, 0.25) is 0 Å². The van der Waals surface area contributed by atoms with Crippen molar-refractivity contribution in [2.45, 2.75) is 6.42 Å². The van der Waals surface area contributed by atoms with Gasteiger partial charge in [-0.15, -0.1) is 0 Å². The van der Waals surface area contributed by atoms with Crippen LogP contribution in [0.5, 0.6) is 0 Å². The van der Waals surface area contributed by atoms with Crippen LogP contribution in [-0.4, -0.2) is 40.7 Å². The normalized spacial score (nSPS) is 11.9. The topological polar surface area (TPSA) is 98.3 Å². The summed E-state index contributed by atoms with van der Waals surface area (Å²) in [6.45, 7) is 0. The van der Waals surface area contributed by atoms with E-state index in [1.54, 1.807) is 0 Å². The first-order valence-electron chi connectivity index (χ1n) is 6.21. The van der Waals surface area contributed by atoms with Crippen molar-refractivity contribution in [3.05, 3.63) is 56.1 Å². The molecule has 0 N–H and O–H groups in total. The Labute approximate surface area is 142 Å². The van der Waals surface area contributed by atoms with Gasteiger partial charge in [-0.25, -0.2) is 8.96 Å². The first-order valence-corrected chi connectivity index (χ1v) is 8.36. The first-order chi connectivity index (χ1) is 10.6. The lowest BCUT2D eigenvalue weighted by Crippen LogP contribution is -2.27. The van der Waals surface area contributed by atoms with Crippen LogP contribution in [0.2, 0.25) is 10.0 Å². The van der Waals surface area contributed by atoms with Gasteiger partial charge in [-0.1, -0.05) is 23.2 Å². The second-order valence-corrected chi connectivity index (χ2v) is 7.68.